The lowest BCUT2D eigenvalue weighted by atomic mass is 9.90. The van der Waals surface area contributed by atoms with Gasteiger partial charge < -0.3 is 4.74 Å². The van der Waals surface area contributed by atoms with Crippen LogP contribution in [0.25, 0.3) is 0 Å². The zero-order chi connectivity index (χ0) is 11.9. The molecule has 2 nitrogen and oxygen atoms in total. The van der Waals surface area contributed by atoms with Crippen LogP contribution in [0.15, 0.2) is 0 Å². The van der Waals surface area contributed by atoms with Gasteiger partial charge in [0.25, 0.3) is 0 Å². The van der Waals surface area contributed by atoms with Crippen LogP contribution in [-0.4, -0.2) is 24.9 Å². The van der Waals surface area contributed by atoms with Crippen molar-refractivity contribution in [3.63, 3.8) is 0 Å². The first-order chi connectivity index (χ1) is 6.90. The molecule has 0 spiro atoms. The summed E-state index contributed by atoms with van der Waals surface area (Å²) in [5.41, 5.74) is 0.305. The van der Waals surface area contributed by atoms with Gasteiger partial charge in [0.2, 0.25) is 0 Å². The average Bonchev–Trinajstić information content (AvgIpc) is 2.13. The number of rotatable bonds is 6. The molecule has 0 N–H and O–H groups in total. The third kappa shape index (κ3) is 7.79. The maximum absolute atomic E-state index is 11.7. The average molecular weight is 232 g/mol. The fraction of sp³-hybridized carbons (Fsp3) is 0.917. The van der Waals surface area contributed by atoms with Crippen molar-refractivity contribution in [2.45, 2.75) is 52.6 Å². The van der Waals surface area contributed by atoms with Gasteiger partial charge in [-0.1, -0.05) is 34.1 Å². The standard InChI is InChI=1S/C12H25O2P/c1-6-7-8-14-11(13)10(15-5)9-12(2,3)4/h10,15H,6-9H2,1-5H3. The van der Waals surface area contributed by atoms with Crippen molar-refractivity contribution in [3.05, 3.63) is 0 Å². The summed E-state index contributed by atoms with van der Waals surface area (Å²) in [6.07, 6.45) is 2.97. The molecule has 0 aromatic carbocycles. The monoisotopic (exact) mass is 232 g/mol. The van der Waals surface area contributed by atoms with Crippen LogP contribution in [0.4, 0.5) is 0 Å². The molecule has 0 radical (unpaired) electrons. The normalized spacial score (nSPS) is 14.5. The fourth-order valence-electron chi connectivity index (χ4n) is 1.33. The summed E-state index contributed by atoms with van der Waals surface area (Å²) in [5.74, 6) is -0.000733. The van der Waals surface area contributed by atoms with E-state index in [4.69, 9.17) is 4.74 Å². The Morgan fingerprint density at radius 2 is 2.00 bits per heavy atom. The predicted molar refractivity (Wildman–Crippen MR) is 68.0 cm³/mol. The summed E-state index contributed by atoms with van der Waals surface area (Å²) in [6.45, 7) is 11.3. The Morgan fingerprint density at radius 3 is 2.40 bits per heavy atom. The Hall–Kier alpha value is -0.100. The molecule has 0 heterocycles. The molecule has 0 amide bonds. The van der Waals surface area contributed by atoms with Crippen molar-refractivity contribution in [1.29, 1.82) is 0 Å². The van der Waals surface area contributed by atoms with Crippen molar-refractivity contribution >= 4 is 14.6 Å². The number of hydrogen-bond donors (Lipinski definition) is 0. The minimum atomic E-state index is -0.000733. The molecule has 0 aliphatic rings. The highest BCUT2D eigenvalue weighted by Gasteiger charge is 2.24. The van der Waals surface area contributed by atoms with Crippen molar-refractivity contribution in [2.75, 3.05) is 13.3 Å². The number of hydrogen-bond acceptors (Lipinski definition) is 2. The molecule has 0 saturated carbocycles. The van der Waals surface area contributed by atoms with Crippen LogP contribution >= 0.6 is 8.58 Å². The quantitative estimate of drug-likeness (QED) is 0.398. The van der Waals surface area contributed by atoms with E-state index in [2.05, 4.69) is 34.4 Å². The fourth-order valence-corrected chi connectivity index (χ4v) is 2.47. The topological polar surface area (TPSA) is 26.3 Å². The second kappa shape index (κ2) is 7.22. The summed E-state index contributed by atoms with van der Waals surface area (Å²) in [7, 11) is 0.640. The second-order valence-corrected chi connectivity index (χ2v) is 6.40. The highest BCUT2D eigenvalue weighted by molar-refractivity contribution is 7.39. The molecule has 0 rings (SSSR count). The number of ether oxygens (including phenoxy) is 1. The number of esters is 1. The van der Waals surface area contributed by atoms with Crippen LogP contribution in [0.2, 0.25) is 0 Å². The van der Waals surface area contributed by atoms with Gasteiger partial charge in [-0.2, -0.15) is 0 Å². The Balaban J connectivity index is 4.00. The lowest BCUT2D eigenvalue weighted by molar-refractivity contribution is -0.143. The van der Waals surface area contributed by atoms with Gasteiger partial charge in [0, 0.05) is 0 Å². The van der Waals surface area contributed by atoms with E-state index in [0.29, 0.717) is 15.2 Å². The SMILES string of the molecule is CCCCOC(=O)C(CC(C)(C)C)PC. The van der Waals surface area contributed by atoms with Gasteiger partial charge in [-0.3, -0.25) is 4.79 Å². The largest absolute Gasteiger partial charge is 0.465 e. The van der Waals surface area contributed by atoms with Gasteiger partial charge in [0.15, 0.2) is 0 Å². The summed E-state index contributed by atoms with van der Waals surface area (Å²) in [6, 6.07) is 0. The number of carbonyl (C=O) groups excluding carboxylic acids is 1. The van der Waals surface area contributed by atoms with Crippen LogP contribution in [-0.2, 0) is 9.53 Å². The number of unbranched alkanes of at least 4 members (excludes halogenated alkanes) is 1. The van der Waals surface area contributed by atoms with E-state index in [-0.39, 0.29) is 17.0 Å². The number of carbonyl (C=O) groups is 1. The maximum atomic E-state index is 11.7. The molecule has 0 aromatic rings. The molecule has 0 aromatic heterocycles. The van der Waals surface area contributed by atoms with Crippen molar-refractivity contribution in [3.8, 4) is 0 Å². The van der Waals surface area contributed by atoms with E-state index in [1.165, 1.54) is 0 Å². The Morgan fingerprint density at radius 1 is 1.40 bits per heavy atom. The van der Waals surface area contributed by atoms with E-state index in [9.17, 15) is 4.79 Å². The Labute approximate surface area is 95.9 Å². The van der Waals surface area contributed by atoms with Gasteiger partial charge in [0.05, 0.1) is 12.3 Å². The molecule has 2 atom stereocenters. The summed E-state index contributed by atoms with van der Waals surface area (Å²) < 4.78 is 5.25. The molecule has 2 unspecified atom stereocenters. The zero-order valence-electron chi connectivity index (χ0n) is 10.7. The first-order valence-electron chi connectivity index (χ1n) is 5.74. The molecule has 0 aliphatic heterocycles. The first kappa shape index (κ1) is 14.9. The van der Waals surface area contributed by atoms with Crippen LogP contribution in [0.3, 0.4) is 0 Å². The summed E-state index contributed by atoms with van der Waals surface area (Å²) in [5, 5.41) is 0. The van der Waals surface area contributed by atoms with Gasteiger partial charge >= 0.3 is 5.97 Å². The molecular weight excluding hydrogens is 207 g/mol. The molecule has 15 heavy (non-hydrogen) atoms. The van der Waals surface area contributed by atoms with Crippen LogP contribution in [0.1, 0.15) is 47.0 Å². The summed E-state index contributed by atoms with van der Waals surface area (Å²) >= 11 is 0. The molecular formula is C12H25O2P. The van der Waals surface area contributed by atoms with E-state index in [1.807, 2.05) is 0 Å². The minimum Gasteiger partial charge on any atom is -0.465 e. The van der Waals surface area contributed by atoms with Crippen LogP contribution < -0.4 is 0 Å². The van der Waals surface area contributed by atoms with Crippen molar-refractivity contribution in [1.82, 2.24) is 0 Å². The Bertz CT molecular complexity index is 185. The second-order valence-electron chi connectivity index (χ2n) is 5.13. The highest BCUT2D eigenvalue weighted by atomic mass is 31.1. The molecule has 3 heteroatoms. The van der Waals surface area contributed by atoms with E-state index in [0.717, 1.165) is 19.3 Å². The lowest BCUT2D eigenvalue weighted by Gasteiger charge is -2.23. The van der Waals surface area contributed by atoms with Crippen LogP contribution in [0, 0.1) is 5.41 Å². The molecule has 0 bridgehead atoms. The third-order valence-corrected chi connectivity index (χ3v) is 3.33. The Kier molecular flexibility index (Phi) is 7.17. The molecule has 90 valence electrons. The first-order valence-corrected chi connectivity index (χ1v) is 7.32. The predicted octanol–water partition coefficient (Wildman–Crippen LogP) is 3.44. The van der Waals surface area contributed by atoms with Gasteiger partial charge in [0.1, 0.15) is 0 Å². The van der Waals surface area contributed by atoms with E-state index >= 15 is 0 Å². The third-order valence-electron chi connectivity index (χ3n) is 2.19. The maximum Gasteiger partial charge on any atom is 0.313 e. The molecule has 0 saturated heterocycles. The van der Waals surface area contributed by atoms with Gasteiger partial charge in [-0.05, 0) is 24.9 Å². The van der Waals surface area contributed by atoms with Crippen molar-refractivity contribution in [2.24, 2.45) is 5.41 Å². The lowest BCUT2D eigenvalue weighted by Crippen LogP contribution is -2.24. The zero-order valence-corrected chi connectivity index (χ0v) is 11.7. The molecule has 0 aliphatic carbocycles. The van der Waals surface area contributed by atoms with Crippen molar-refractivity contribution < 1.29 is 9.53 Å². The van der Waals surface area contributed by atoms with Gasteiger partial charge in [-0.25, -0.2) is 0 Å². The smallest absolute Gasteiger partial charge is 0.313 e. The minimum absolute atomic E-state index is 0.000733. The molecule has 0 fully saturated rings. The summed E-state index contributed by atoms with van der Waals surface area (Å²) in [4.78, 5) is 11.7. The van der Waals surface area contributed by atoms with Gasteiger partial charge in [-0.15, -0.1) is 8.58 Å². The van der Waals surface area contributed by atoms with Crippen LogP contribution in [0.5, 0.6) is 0 Å². The van der Waals surface area contributed by atoms with E-state index in [1.54, 1.807) is 0 Å². The van der Waals surface area contributed by atoms with E-state index < -0.39 is 0 Å². The highest BCUT2D eigenvalue weighted by Crippen LogP contribution is 2.30.